The number of methoxy groups -OCH3 is 1. The molecule has 0 aliphatic heterocycles. The second kappa shape index (κ2) is 12.6. The molecular formula is C30H35FN6O5S. The minimum atomic E-state index is -0.627. The van der Waals surface area contributed by atoms with Gasteiger partial charge in [0.1, 0.15) is 17.2 Å². The van der Waals surface area contributed by atoms with Crippen LogP contribution in [-0.4, -0.2) is 63.5 Å². The lowest BCUT2D eigenvalue weighted by Gasteiger charge is -2.27. The molecule has 43 heavy (non-hydrogen) atoms. The maximum Gasteiger partial charge on any atom is 0.410 e. The highest BCUT2D eigenvalue weighted by Gasteiger charge is 2.25. The van der Waals surface area contributed by atoms with Crippen molar-refractivity contribution in [3.8, 4) is 22.2 Å². The molecule has 0 saturated heterocycles. The van der Waals surface area contributed by atoms with Crippen molar-refractivity contribution in [2.75, 3.05) is 25.6 Å². The van der Waals surface area contributed by atoms with Crippen LogP contribution < -0.4 is 15.4 Å². The molecule has 2 N–H and O–H groups in total. The first kappa shape index (κ1) is 30.2. The van der Waals surface area contributed by atoms with Crippen LogP contribution in [0.15, 0.2) is 42.7 Å². The van der Waals surface area contributed by atoms with Gasteiger partial charge in [0.05, 0.1) is 40.1 Å². The summed E-state index contributed by atoms with van der Waals surface area (Å²) in [6.45, 7) is 6.49. The molecule has 1 aromatic carbocycles. The van der Waals surface area contributed by atoms with Crippen LogP contribution in [0.2, 0.25) is 0 Å². The van der Waals surface area contributed by atoms with Gasteiger partial charge >= 0.3 is 12.1 Å². The fraction of sp³-hybridized carbons (Fsp3) is 0.400. The van der Waals surface area contributed by atoms with Gasteiger partial charge in [-0.15, -0.1) is 11.3 Å². The molecule has 1 fully saturated rings. The van der Waals surface area contributed by atoms with Crippen molar-refractivity contribution < 1.29 is 28.2 Å². The van der Waals surface area contributed by atoms with Gasteiger partial charge in [0.25, 0.3) is 0 Å². The number of hydrogen-bond acceptors (Lipinski definition) is 8. The normalized spacial score (nSPS) is 13.2. The standard InChI is InChI=1S/C30H35FN6O5S/c1-30(2,3)42-29(39)37(12-13-40-5)17-20-16-33-27(36(20)4)25-15-22-26(43-25)24(10-11-32-22)41-23-9-8-19(14-21(23)31)35-28(38)34-18-6-7-18/h8-11,14-16,18H,6-7,12-13,17H2,1-5H3,(H2,34,35,38). The summed E-state index contributed by atoms with van der Waals surface area (Å²) in [6.07, 6.45) is 4.82. The van der Waals surface area contributed by atoms with E-state index >= 15 is 0 Å². The van der Waals surface area contributed by atoms with Gasteiger partial charge in [0.15, 0.2) is 11.6 Å². The Bertz CT molecular complexity index is 1630. The summed E-state index contributed by atoms with van der Waals surface area (Å²) in [5, 5.41) is 5.45. The lowest BCUT2D eigenvalue weighted by atomic mass is 10.2. The number of urea groups is 1. The molecule has 3 amide bonds. The van der Waals surface area contributed by atoms with Crippen molar-refractivity contribution in [1.82, 2.24) is 24.8 Å². The first-order chi connectivity index (χ1) is 20.5. The van der Waals surface area contributed by atoms with Crippen LogP contribution in [0.3, 0.4) is 0 Å². The molecule has 0 radical (unpaired) electrons. The number of halogens is 1. The lowest BCUT2D eigenvalue weighted by Crippen LogP contribution is -2.38. The molecule has 0 spiro atoms. The first-order valence-corrected chi connectivity index (χ1v) is 14.7. The Balaban J connectivity index is 1.34. The monoisotopic (exact) mass is 610 g/mol. The summed E-state index contributed by atoms with van der Waals surface area (Å²) in [6, 6.07) is 7.71. The number of carbonyl (C=O) groups is 2. The molecule has 5 rings (SSSR count). The van der Waals surface area contributed by atoms with Crippen LogP contribution >= 0.6 is 11.3 Å². The smallest absolute Gasteiger partial charge is 0.410 e. The number of nitrogens with one attached hydrogen (secondary N) is 2. The topological polar surface area (TPSA) is 120 Å². The first-order valence-electron chi connectivity index (χ1n) is 13.9. The average Bonchev–Trinajstić information content (AvgIpc) is 3.51. The number of aromatic nitrogens is 3. The molecule has 3 heterocycles. The second-order valence-corrected chi connectivity index (χ2v) is 12.3. The van der Waals surface area contributed by atoms with E-state index in [0.717, 1.165) is 28.1 Å². The fourth-order valence-electron chi connectivity index (χ4n) is 4.24. The summed E-state index contributed by atoms with van der Waals surface area (Å²) in [4.78, 5) is 36.3. The third-order valence-corrected chi connectivity index (χ3v) is 7.71. The minimum absolute atomic E-state index is 0.0215. The third-order valence-electron chi connectivity index (χ3n) is 6.57. The SMILES string of the molecule is COCCN(Cc1cnc(-c2cc3nccc(Oc4ccc(NC(=O)NC5CC5)cc4F)c3s2)n1C)C(=O)OC(C)(C)C. The molecule has 228 valence electrons. The van der Waals surface area contributed by atoms with Crippen LogP contribution in [0, 0.1) is 5.82 Å². The number of hydrogen-bond donors (Lipinski definition) is 2. The van der Waals surface area contributed by atoms with E-state index in [4.69, 9.17) is 14.2 Å². The number of benzene rings is 1. The van der Waals surface area contributed by atoms with E-state index in [1.165, 1.54) is 23.5 Å². The molecular weight excluding hydrogens is 575 g/mol. The maximum absolute atomic E-state index is 14.9. The zero-order valence-electron chi connectivity index (χ0n) is 24.8. The number of pyridine rings is 1. The van der Waals surface area contributed by atoms with Gasteiger partial charge < -0.3 is 34.3 Å². The van der Waals surface area contributed by atoms with Gasteiger partial charge in [0, 0.05) is 50.8 Å². The van der Waals surface area contributed by atoms with Crippen molar-refractivity contribution in [3.05, 3.63) is 54.2 Å². The number of nitrogens with zero attached hydrogens (tertiary/aromatic N) is 4. The van der Waals surface area contributed by atoms with Crippen molar-refractivity contribution in [2.24, 2.45) is 7.05 Å². The zero-order valence-corrected chi connectivity index (χ0v) is 25.6. The van der Waals surface area contributed by atoms with E-state index in [-0.39, 0.29) is 24.4 Å². The van der Waals surface area contributed by atoms with E-state index in [1.807, 2.05) is 38.5 Å². The van der Waals surface area contributed by atoms with Gasteiger partial charge in [-0.3, -0.25) is 4.98 Å². The van der Waals surface area contributed by atoms with Gasteiger partial charge in [0.2, 0.25) is 0 Å². The van der Waals surface area contributed by atoms with Gasteiger partial charge in [-0.1, -0.05) is 0 Å². The molecule has 1 aliphatic carbocycles. The van der Waals surface area contributed by atoms with E-state index in [9.17, 15) is 14.0 Å². The van der Waals surface area contributed by atoms with Crippen LogP contribution in [0.25, 0.3) is 20.9 Å². The van der Waals surface area contributed by atoms with Crippen LogP contribution in [0.4, 0.5) is 19.7 Å². The molecule has 0 unspecified atom stereocenters. The fourth-order valence-corrected chi connectivity index (χ4v) is 5.34. The minimum Gasteiger partial charge on any atom is -0.453 e. The Morgan fingerprint density at radius 3 is 2.65 bits per heavy atom. The van der Waals surface area contributed by atoms with Gasteiger partial charge in [-0.2, -0.15) is 0 Å². The molecule has 1 saturated carbocycles. The molecule has 3 aromatic heterocycles. The highest BCUT2D eigenvalue weighted by Crippen LogP contribution is 2.39. The molecule has 0 bridgehead atoms. The number of rotatable bonds is 10. The Hall–Kier alpha value is -4.23. The highest BCUT2D eigenvalue weighted by atomic mass is 32.1. The quantitative estimate of drug-likeness (QED) is 0.216. The number of carbonyl (C=O) groups excluding carboxylic acids is 2. The highest BCUT2D eigenvalue weighted by molar-refractivity contribution is 7.22. The Kier molecular flexibility index (Phi) is 8.83. The number of ether oxygens (including phenoxy) is 3. The predicted octanol–water partition coefficient (Wildman–Crippen LogP) is 6.30. The summed E-state index contributed by atoms with van der Waals surface area (Å²) < 4.78 is 34.3. The Morgan fingerprint density at radius 1 is 1.16 bits per heavy atom. The average molecular weight is 611 g/mol. The number of imidazole rings is 1. The molecule has 4 aromatic rings. The summed E-state index contributed by atoms with van der Waals surface area (Å²) in [7, 11) is 3.46. The van der Waals surface area contributed by atoms with E-state index in [2.05, 4.69) is 20.6 Å². The van der Waals surface area contributed by atoms with E-state index < -0.39 is 17.5 Å². The van der Waals surface area contributed by atoms with Gasteiger partial charge in [-0.25, -0.2) is 19.0 Å². The number of anilines is 1. The Morgan fingerprint density at radius 2 is 1.95 bits per heavy atom. The largest absolute Gasteiger partial charge is 0.453 e. The zero-order chi connectivity index (χ0) is 30.7. The predicted molar refractivity (Wildman–Crippen MR) is 162 cm³/mol. The maximum atomic E-state index is 14.9. The lowest BCUT2D eigenvalue weighted by molar-refractivity contribution is 0.0180. The second-order valence-electron chi connectivity index (χ2n) is 11.3. The van der Waals surface area contributed by atoms with Gasteiger partial charge in [-0.05, 0) is 51.8 Å². The summed E-state index contributed by atoms with van der Waals surface area (Å²) in [5.41, 5.74) is 1.19. The third kappa shape index (κ3) is 7.59. The number of thiophene rings is 1. The van der Waals surface area contributed by atoms with Crippen molar-refractivity contribution in [3.63, 3.8) is 0 Å². The molecule has 13 heteroatoms. The van der Waals surface area contributed by atoms with Crippen molar-refractivity contribution in [2.45, 2.75) is 51.8 Å². The summed E-state index contributed by atoms with van der Waals surface area (Å²) in [5.74, 6) is 0.541. The van der Waals surface area contributed by atoms with Crippen LogP contribution in [0.1, 0.15) is 39.3 Å². The molecule has 11 nitrogen and oxygen atoms in total. The van der Waals surface area contributed by atoms with Crippen LogP contribution in [0.5, 0.6) is 11.5 Å². The number of amides is 3. The van der Waals surface area contributed by atoms with E-state index in [1.54, 1.807) is 36.5 Å². The molecule has 0 atom stereocenters. The van der Waals surface area contributed by atoms with Crippen LogP contribution in [-0.2, 0) is 23.1 Å². The van der Waals surface area contributed by atoms with E-state index in [0.29, 0.717) is 35.9 Å². The summed E-state index contributed by atoms with van der Waals surface area (Å²) >= 11 is 1.42. The number of fused-ring (bicyclic) bond motifs is 1. The van der Waals surface area contributed by atoms with Crippen molar-refractivity contribution >= 4 is 39.4 Å². The Labute approximate surface area is 253 Å². The molecule has 1 aliphatic rings. The van der Waals surface area contributed by atoms with Crippen molar-refractivity contribution in [1.29, 1.82) is 0 Å².